The number of ether oxygens (including phenoxy) is 2. The predicted molar refractivity (Wildman–Crippen MR) is 129 cm³/mol. The Morgan fingerprint density at radius 1 is 1.09 bits per heavy atom. The van der Waals surface area contributed by atoms with Crippen molar-refractivity contribution in [2.45, 2.75) is 95.6 Å². The zero-order valence-electron chi connectivity index (χ0n) is 21.1. The van der Waals surface area contributed by atoms with Crippen LogP contribution in [0.25, 0.3) is 0 Å². The molecule has 8 nitrogen and oxygen atoms in total. The van der Waals surface area contributed by atoms with Crippen LogP contribution in [0.1, 0.15) is 71.1 Å². The van der Waals surface area contributed by atoms with Gasteiger partial charge in [0.25, 0.3) is 0 Å². The number of nitrogens with one attached hydrogen (secondary N) is 2. The number of nitrogens with zero attached hydrogens (tertiary/aromatic N) is 2. The maximum atomic E-state index is 13.8. The van der Waals surface area contributed by atoms with Crippen LogP contribution in [-0.2, 0) is 19.1 Å². The molecule has 1 heterocycles. The van der Waals surface area contributed by atoms with Crippen LogP contribution >= 0.6 is 0 Å². The molecule has 1 saturated heterocycles. The van der Waals surface area contributed by atoms with Crippen LogP contribution < -0.4 is 10.7 Å². The first-order valence-electron chi connectivity index (χ1n) is 13.3. The number of halogens is 1. The molecule has 3 aliphatic rings. The van der Waals surface area contributed by atoms with E-state index in [1.165, 1.54) is 19.3 Å². The zero-order chi connectivity index (χ0) is 24.3. The molecule has 0 bridgehead atoms. The summed E-state index contributed by atoms with van der Waals surface area (Å²) in [7, 11) is 1.81. The molecule has 0 aromatic rings. The van der Waals surface area contributed by atoms with Crippen molar-refractivity contribution in [1.82, 2.24) is 20.7 Å². The summed E-state index contributed by atoms with van der Waals surface area (Å²) in [6.45, 7) is 5.07. The van der Waals surface area contributed by atoms with Gasteiger partial charge in [0.05, 0.1) is 38.0 Å². The Hall–Kier alpha value is -1.29. The molecule has 2 N–H and O–H groups in total. The zero-order valence-corrected chi connectivity index (χ0v) is 21.1. The number of likely N-dealkylation sites (N-methyl/N-ethyl adjacent to an activating group) is 1. The molecule has 34 heavy (non-hydrogen) atoms. The topological polar surface area (TPSA) is 83.1 Å². The second-order valence-electron chi connectivity index (χ2n) is 10.2. The summed E-state index contributed by atoms with van der Waals surface area (Å²) < 4.78 is 25.4. The van der Waals surface area contributed by atoms with Crippen molar-refractivity contribution in [2.24, 2.45) is 5.92 Å². The van der Waals surface area contributed by atoms with E-state index in [1.807, 2.05) is 12.1 Å². The second kappa shape index (κ2) is 14.3. The number of hydrazine groups is 1. The summed E-state index contributed by atoms with van der Waals surface area (Å²) in [6.07, 6.45) is 8.49. The largest absolute Gasteiger partial charge is 0.376 e. The SMILES string of the molecule is CCC1CCC(OCCN(C)C(=O)CN2CC(NC(=O)CCOC3CCCCC3F)CN2)CC1. The fraction of sp³-hybridized carbons (Fsp3) is 0.920. The molecular weight excluding hydrogens is 439 g/mol. The average molecular weight is 485 g/mol. The standard InChI is InChI=1S/C25H45FN4O4/c1-3-19-8-10-21(11-9-19)33-15-13-29(2)25(32)18-30-17-20(16-27-30)28-24(31)12-14-34-23-7-5-4-6-22(23)26/h19-23,27H,3-18H2,1-2H3,(H,28,31). The van der Waals surface area contributed by atoms with Crippen molar-refractivity contribution in [3.05, 3.63) is 0 Å². The minimum Gasteiger partial charge on any atom is -0.376 e. The number of hydrogen-bond acceptors (Lipinski definition) is 6. The van der Waals surface area contributed by atoms with E-state index in [1.54, 1.807) is 4.90 Å². The quantitative estimate of drug-likeness (QED) is 0.443. The molecule has 196 valence electrons. The lowest BCUT2D eigenvalue weighted by Crippen LogP contribution is -2.43. The maximum Gasteiger partial charge on any atom is 0.238 e. The summed E-state index contributed by atoms with van der Waals surface area (Å²) in [6, 6.07) is -0.0595. The van der Waals surface area contributed by atoms with Crippen LogP contribution in [0.2, 0.25) is 0 Å². The van der Waals surface area contributed by atoms with Gasteiger partial charge in [0.15, 0.2) is 0 Å². The van der Waals surface area contributed by atoms with Crippen molar-refractivity contribution >= 4 is 11.8 Å². The van der Waals surface area contributed by atoms with E-state index in [-0.39, 0.29) is 43.5 Å². The van der Waals surface area contributed by atoms with Crippen LogP contribution in [0, 0.1) is 5.92 Å². The second-order valence-corrected chi connectivity index (χ2v) is 10.2. The van der Waals surface area contributed by atoms with Crippen molar-refractivity contribution in [2.75, 3.05) is 46.4 Å². The molecule has 0 aromatic heterocycles. The van der Waals surface area contributed by atoms with Gasteiger partial charge in [-0.1, -0.05) is 26.2 Å². The van der Waals surface area contributed by atoms with Gasteiger partial charge in [-0.05, 0) is 44.4 Å². The Bertz CT molecular complexity index is 632. The summed E-state index contributed by atoms with van der Waals surface area (Å²) >= 11 is 0. The monoisotopic (exact) mass is 484 g/mol. The molecule has 9 heteroatoms. The Labute approximate surface area is 204 Å². The number of carbonyl (C=O) groups is 2. The van der Waals surface area contributed by atoms with Gasteiger partial charge in [-0.25, -0.2) is 9.40 Å². The third-order valence-corrected chi connectivity index (χ3v) is 7.55. The van der Waals surface area contributed by atoms with E-state index < -0.39 is 6.17 Å². The normalized spacial score (nSPS) is 30.3. The van der Waals surface area contributed by atoms with Crippen molar-refractivity contribution in [3.8, 4) is 0 Å². The van der Waals surface area contributed by atoms with Gasteiger partial charge in [0.1, 0.15) is 6.17 Å². The third kappa shape index (κ3) is 9.06. The van der Waals surface area contributed by atoms with Crippen LogP contribution in [0.4, 0.5) is 4.39 Å². The molecule has 2 saturated carbocycles. The Morgan fingerprint density at radius 2 is 1.85 bits per heavy atom. The Balaban J connectivity index is 1.24. The first kappa shape index (κ1) is 27.3. The van der Waals surface area contributed by atoms with Crippen molar-refractivity contribution in [1.29, 1.82) is 0 Å². The molecule has 3 atom stereocenters. The van der Waals surface area contributed by atoms with Crippen LogP contribution in [0.3, 0.4) is 0 Å². The van der Waals surface area contributed by atoms with E-state index in [0.717, 1.165) is 38.0 Å². The Morgan fingerprint density at radius 3 is 2.59 bits per heavy atom. The average Bonchev–Trinajstić information content (AvgIpc) is 3.27. The Kier molecular flexibility index (Phi) is 11.5. The van der Waals surface area contributed by atoms with E-state index in [4.69, 9.17) is 9.47 Å². The lowest BCUT2D eigenvalue weighted by atomic mass is 9.86. The lowest BCUT2D eigenvalue weighted by molar-refractivity contribution is -0.132. The number of hydrogen-bond donors (Lipinski definition) is 2. The summed E-state index contributed by atoms with van der Waals surface area (Å²) in [4.78, 5) is 26.5. The van der Waals surface area contributed by atoms with Crippen molar-refractivity contribution in [3.63, 3.8) is 0 Å². The minimum absolute atomic E-state index is 0.0272. The van der Waals surface area contributed by atoms with E-state index in [2.05, 4.69) is 17.7 Å². The molecule has 0 spiro atoms. The fourth-order valence-corrected chi connectivity index (χ4v) is 5.17. The van der Waals surface area contributed by atoms with Gasteiger partial charge in [-0.15, -0.1) is 0 Å². The van der Waals surface area contributed by atoms with Crippen LogP contribution in [-0.4, -0.2) is 92.6 Å². The molecule has 3 fully saturated rings. The van der Waals surface area contributed by atoms with Gasteiger partial charge < -0.3 is 19.7 Å². The van der Waals surface area contributed by atoms with E-state index in [0.29, 0.717) is 38.8 Å². The van der Waals surface area contributed by atoms with Crippen molar-refractivity contribution < 1.29 is 23.5 Å². The number of carbonyl (C=O) groups excluding carboxylic acids is 2. The van der Waals surface area contributed by atoms with E-state index in [9.17, 15) is 14.0 Å². The summed E-state index contributed by atoms with van der Waals surface area (Å²) in [5.41, 5.74) is 3.19. The molecule has 0 radical (unpaired) electrons. The first-order chi connectivity index (χ1) is 16.4. The first-order valence-corrected chi connectivity index (χ1v) is 13.3. The van der Waals surface area contributed by atoms with Gasteiger partial charge in [0, 0.05) is 33.1 Å². The molecule has 1 aliphatic heterocycles. The molecule has 0 aromatic carbocycles. The van der Waals surface area contributed by atoms with Gasteiger partial charge >= 0.3 is 0 Å². The van der Waals surface area contributed by atoms with Crippen LogP contribution in [0.5, 0.6) is 0 Å². The predicted octanol–water partition coefficient (Wildman–Crippen LogP) is 2.42. The third-order valence-electron chi connectivity index (χ3n) is 7.55. The molecule has 3 rings (SSSR count). The number of rotatable bonds is 12. The smallest absolute Gasteiger partial charge is 0.238 e. The van der Waals surface area contributed by atoms with Crippen LogP contribution in [0.15, 0.2) is 0 Å². The minimum atomic E-state index is -0.910. The molecule has 2 amide bonds. The highest BCUT2D eigenvalue weighted by molar-refractivity contribution is 5.78. The molecular formula is C25H45FN4O4. The maximum absolute atomic E-state index is 13.8. The summed E-state index contributed by atoms with van der Waals surface area (Å²) in [5.74, 6) is 0.775. The highest BCUT2D eigenvalue weighted by Gasteiger charge is 2.28. The van der Waals surface area contributed by atoms with Gasteiger partial charge in [-0.2, -0.15) is 0 Å². The van der Waals surface area contributed by atoms with Gasteiger partial charge in [0.2, 0.25) is 11.8 Å². The number of amides is 2. The molecule has 3 unspecified atom stereocenters. The summed E-state index contributed by atoms with van der Waals surface area (Å²) in [5, 5.41) is 4.83. The lowest BCUT2D eigenvalue weighted by Gasteiger charge is -2.28. The fourth-order valence-electron chi connectivity index (χ4n) is 5.17. The number of alkyl halides is 1. The van der Waals surface area contributed by atoms with E-state index >= 15 is 0 Å². The highest BCUT2D eigenvalue weighted by atomic mass is 19.1. The van der Waals surface area contributed by atoms with Gasteiger partial charge in [-0.3, -0.25) is 15.0 Å². The molecule has 2 aliphatic carbocycles. The highest BCUT2D eigenvalue weighted by Crippen LogP contribution is 2.28.